The number of rotatable bonds is 6. The van der Waals surface area contributed by atoms with Crippen molar-refractivity contribution in [2.45, 2.75) is 19.3 Å². The van der Waals surface area contributed by atoms with Crippen LogP contribution in [0.25, 0.3) is 0 Å². The van der Waals surface area contributed by atoms with Crippen LogP contribution in [-0.2, 0) is 24.1 Å². The molecule has 3 rings (SSSR count). The molecule has 144 valence electrons. The van der Waals surface area contributed by atoms with E-state index in [0.717, 1.165) is 12.1 Å². The third-order valence-corrected chi connectivity index (χ3v) is 4.36. The first-order chi connectivity index (χ1) is 12.7. The van der Waals surface area contributed by atoms with Crippen LogP contribution < -0.4 is 4.74 Å². The van der Waals surface area contributed by atoms with Gasteiger partial charge in [-0.2, -0.15) is 13.2 Å². The Kier molecular flexibility index (Phi) is 5.36. The predicted octanol–water partition coefficient (Wildman–Crippen LogP) is 3.94. The lowest BCUT2D eigenvalue weighted by Crippen LogP contribution is -2.49. The van der Waals surface area contributed by atoms with Crippen LogP contribution in [-0.4, -0.2) is 29.1 Å². The number of carboxylic acid groups (broad SMARTS) is 1. The lowest BCUT2D eigenvalue weighted by molar-refractivity contribution is -0.147. The molecule has 0 atom stereocenters. The van der Waals surface area contributed by atoms with Crippen LogP contribution in [0.5, 0.6) is 5.75 Å². The molecule has 0 spiro atoms. The number of likely N-dealkylation sites (tertiary alicyclic amines) is 1. The molecule has 0 aromatic heterocycles. The SMILES string of the molecule is O=C(O)C1CN(Cc2ccc(OCc3cccc(C(F)(F)F)c3)c(F)c2)C1. The van der Waals surface area contributed by atoms with Crippen molar-refractivity contribution in [2.24, 2.45) is 5.92 Å². The molecule has 0 radical (unpaired) electrons. The molecule has 1 aliphatic heterocycles. The molecule has 27 heavy (non-hydrogen) atoms. The van der Waals surface area contributed by atoms with E-state index < -0.39 is 23.5 Å². The zero-order chi connectivity index (χ0) is 19.6. The minimum Gasteiger partial charge on any atom is -0.486 e. The highest BCUT2D eigenvalue weighted by Crippen LogP contribution is 2.30. The molecular formula is C19H17F4NO3. The van der Waals surface area contributed by atoms with Crippen LogP contribution in [0.4, 0.5) is 17.6 Å². The summed E-state index contributed by atoms with van der Waals surface area (Å²) in [6, 6.07) is 9.04. The molecule has 1 saturated heterocycles. The number of hydrogen-bond donors (Lipinski definition) is 1. The van der Waals surface area contributed by atoms with E-state index in [0.29, 0.717) is 25.2 Å². The van der Waals surface area contributed by atoms with Gasteiger partial charge in [0.25, 0.3) is 0 Å². The van der Waals surface area contributed by atoms with E-state index in [1.54, 1.807) is 6.07 Å². The van der Waals surface area contributed by atoms with Crippen molar-refractivity contribution in [3.63, 3.8) is 0 Å². The molecule has 0 amide bonds. The van der Waals surface area contributed by atoms with Gasteiger partial charge in [-0.3, -0.25) is 9.69 Å². The van der Waals surface area contributed by atoms with Gasteiger partial charge in [-0.05, 0) is 35.4 Å². The summed E-state index contributed by atoms with van der Waals surface area (Å²) in [5.41, 5.74) is 0.171. The second-order valence-electron chi connectivity index (χ2n) is 6.48. The lowest BCUT2D eigenvalue weighted by Gasteiger charge is -2.36. The topological polar surface area (TPSA) is 49.8 Å². The van der Waals surface area contributed by atoms with E-state index in [1.165, 1.54) is 24.3 Å². The molecule has 2 aromatic carbocycles. The van der Waals surface area contributed by atoms with Crippen molar-refractivity contribution in [1.82, 2.24) is 4.90 Å². The Labute approximate surface area is 153 Å². The maximum atomic E-state index is 14.2. The second kappa shape index (κ2) is 7.56. The first-order valence-corrected chi connectivity index (χ1v) is 8.25. The third kappa shape index (κ3) is 4.77. The normalized spacial score (nSPS) is 15.4. The van der Waals surface area contributed by atoms with Gasteiger partial charge in [0, 0.05) is 19.6 Å². The van der Waals surface area contributed by atoms with Crippen LogP contribution in [0.15, 0.2) is 42.5 Å². The number of benzene rings is 2. The summed E-state index contributed by atoms with van der Waals surface area (Å²) in [7, 11) is 0. The number of hydrogen-bond acceptors (Lipinski definition) is 3. The van der Waals surface area contributed by atoms with Crippen LogP contribution in [0.1, 0.15) is 16.7 Å². The number of nitrogens with zero attached hydrogens (tertiary/aromatic N) is 1. The van der Waals surface area contributed by atoms with Crippen molar-refractivity contribution >= 4 is 5.97 Å². The van der Waals surface area contributed by atoms with Gasteiger partial charge in [0.1, 0.15) is 6.61 Å². The average molecular weight is 383 g/mol. The van der Waals surface area contributed by atoms with Crippen LogP contribution in [0, 0.1) is 11.7 Å². The highest BCUT2D eigenvalue weighted by atomic mass is 19.4. The van der Waals surface area contributed by atoms with Crippen molar-refractivity contribution < 1.29 is 32.2 Å². The largest absolute Gasteiger partial charge is 0.486 e. The molecule has 0 bridgehead atoms. The van der Waals surface area contributed by atoms with Gasteiger partial charge in [-0.1, -0.05) is 18.2 Å². The van der Waals surface area contributed by atoms with E-state index in [-0.39, 0.29) is 23.8 Å². The molecule has 1 heterocycles. The van der Waals surface area contributed by atoms with Crippen LogP contribution in [0.2, 0.25) is 0 Å². The molecular weight excluding hydrogens is 366 g/mol. The minimum absolute atomic E-state index is 0.0526. The highest BCUT2D eigenvalue weighted by Gasteiger charge is 2.32. The van der Waals surface area contributed by atoms with Gasteiger partial charge < -0.3 is 9.84 Å². The second-order valence-corrected chi connectivity index (χ2v) is 6.48. The van der Waals surface area contributed by atoms with E-state index in [1.807, 2.05) is 4.90 Å². The monoisotopic (exact) mass is 383 g/mol. The summed E-state index contributed by atoms with van der Waals surface area (Å²) >= 11 is 0. The summed E-state index contributed by atoms with van der Waals surface area (Å²) in [6.45, 7) is 1.08. The molecule has 0 saturated carbocycles. The molecule has 1 aliphatic rings. The zero-order valence-corrected chi connectivity index (χ0v) is 14.2. The van der Waals surface area contributed by atoms with Gasteiger partial charge in [-0.25, -0.2) is 4.39 Å². The third-order valence-electron chi connectivity index (χ3n) is 4.36. The molecule has 1 fully saturated rings. The van der Waals surface area contributed by atoms with Gasteiger partial charge in [0.05, 0.1) is 11.5 Å². The van der Waals surface area contributed by atoms with Gasteiger partial charge in [-0.15, -0.1) is 0 Å². The Balaban J connectivity index is 1.58. The summed E-state index contributed by atoms with van der Waals surface area (Å²) < 4.78 is 57.6. The quantitative estimate of drug-likeness (QED) is 0.768. The fourth-order valence-electron chi connectivity index (χ4n) is 2.87. The summed E-state index contributed by atoms with van der Waals surface area (Å²) in [5, 5.41) is 8.85. The number of halogens is 4. The first kappa shape index (κ1) is 19.2. The number of alkyl halides is 3. The van der Waals surface area contributed by atoms with Gasteiger partial charge in [0.2, 0.25) is 0 Å². The Hall–Kier alpha value is -2.61. The number of carbonyl (C=O) groups is 1. The number of aliphatic carboxylic acids is 1. The smallest absolute Gasteiger partial charge is 0.416 e. The predicted molar refractivity (Wildman–Crippen MR) is 88.6 cm³/mol. The Morgan fingerprint density at radius 3 is 2.52 bits per heavy atom. The standard InChI is InChI=1S/C19H17F4NO3/c20-16-7-12(8-24-9-14(10-24)18(25)26)4-5-17(16)27-11-13-2-1-3-15(6-13)19(21,22)23/h1-7,14H,8-11H2,(H,25,26). The Morgan fingerprint density at radius 1 is 1.15 bits per heavy atom. The summed E-state index contributed by atoms with van der Waals surface area (Å²) in [5.74, 6) is -1.89. The lowest BCUT2D eigenvalue weighted by atomic mass is 9.99. The van der Waals surface area contributed by atoms with Crippen molar-refractivity contribution in [2.75, 3.05) is 13.1 Å². The first-order valence-electron chi connectivity index (χ1n) is 8.25. The number of ether oxygens (including phenoxy) is 1. The number of carboxylic acids is 1. The van der Waals surface area contributed by atoms with Gasteiger partial charge >= 0.3 is 12.1 Å². The Bertz CT molecular complexity index is 832. The minimum atomic E-state index is -4.45. The zero-order valence-electron chi connectivity index (χ0n) is 14.2. The average Bonchev–Trinajstić information content (AvgIpc) is 2.56. The summed E-state index contributed by atoms with van der Waals surface area (Å²) in [6.07, 6.45) is -4.45. The molecule has 4 nitrogen and oxygen atoms in total. The van der Waals surface area contributed by atoms with Gasteiger partial charge in [0.15, 0.2) is 11.6 Å². The summed E-state index contributed by atoms with van der Waals surface area (Å²) in [4.78, 5) is 12.7. The maximum Gasteiger partial charge on any atom is 0.416 e. The van der Waals surface area contributed by atoms with E-state index in [4.69, 9.17) is 9.84 Å². The Morgan fingerprint density at radius 2 is 1.89 bits per heavy atom. The molecule has 2 aromatic rings. The van der Waals surface area contributed by atoms with Crippen LogP contribution >= 0.6 is 0 Å². The van der Waals surface area contributed by atoms with E-state index in [2.05, 4.69) is 0 Å². The molecule has 0 aliphatic carbocycles. The fourth-order valence-corrected chi connectivity index (χ4v) is 2.87. The molecule has 1 N–H and O–H groups in total. The van der Waals surface area contributed by atoms with Crippen molar-refractivity contribution in [3.8, 4) is 5.75 Å². The molecule has 0 unspecified atom stereocenters. The molecule has 8 heteroatoms. The maximum absolute atomic E-state index is 14.2. The van der Waals surface area contributed by atoms with Crippen LogP contribution in [0.3, 0.4) is 0 Å². The van der Waals surface area contributed by atoms with Crippen molar-refractivity contribution in [3.05, 3.63) is 65.0 Å². The fraction of sp³-hybridized carbons (Fsp3) is 0.316. The van der Waals surface area contributed by atoms with Crippen molar-refractivity contribution in [1.29, 1.82) is 0 Å². The highest BCUT2D eigenvalue weighted by molar-refractivity contribution is 5.71. The van der Waals surface area contributed by atoms with E-state index in [9.17, 15) is 22.4 Å². The van der Waals surface area contributed by atoms with E-state index >= 15 is 0 Å².